The Hall–Kier alpha value is -4.36. The molecule has 0 radical (unpaired) electrons. The molecule has 0 spiro atoms. The zero-order valence-electron chi connectivity index (χ0n) is 19.2. The highest BCUT2D eigenvalue weighted by molar-refractivity contribution is 6.17. The lowest BCUT2D eigenvalue weighted by Gasteiger charge is -2.12. The smallest absolute Gasteiger partial charge is 0.0547 e. The molecule has 0 saturated heterocycles. The predicted molar refractivity (Wildman–Crippen MR) is 146 cm³/mol. The van der Waals surface area contributed by atoms with Crippen molar-refractivity contribution in [1.29, 1.82) is 0 Å². The first kappa shape index (κ1) is 18.0. The van der Waals surface area contributed by atoms with E-state index in [9.17, 15) is 0 Å². The van der Waals surface area contributed by atoms with Crippen molar-refractivity contribution in [3.05, 3.63) is 125 Å². The van der Waals surface area contributed by atoms with E-state index in [1.807, 2.05) is 0 Å². The second-order valence-corrected chi connectivity index (χ2v) is 10.2. The monoisotopic (exact) mass is 443 g/mol. The van der Waals surface area contributed by atoms with Gasteiger partial charge in [-0.2, -0.15) is 0 Å². The van der Waals surface area contributed by atoms with Gasteiger partial charge in [-0.3, -0.25) is 0 Å². The van der Waals surface area contributed by atoms with Crippen LogP contribution in [0, 0.1) is 0 Å². The highest BCUT2D eigenvalue weighted by Gasteiger charge is 2.26. The molecule has 2 aromatic heterocycles. The molecular weight excluding hydrogens is 422 g/mol. The first-order chi connectivity index (χ1) is 17.3. The Morgan fingerprint density at radius 2 is 1.09 bits per heavy atom. The Bertz CT molecular complexity index is 2050. The topological polar surface area (TPSA) is 4.41 Å². The van der Waals surface area contributed by atoms with Crippen molar-refractivity contribution < 1.29 is 0 Å². The summed E-state index contributed by atoms with van der Waals surface area (Å²) in [6.07, 6.45) is 2.07. The lowest BCUT2D eigenvalue weighted by molar-refractivity contribution is 1.21. The van der Waals surface area contributed by atoms with Gasteiger partial charge in [0.15, 0.2) is 0 Å². The van der Waals surface area contributed by atoms with Gasteiger partial charge in [0.25, 0.3) is 0 Å². The standard InChI is InChI=1S/C34H21N/c1-3-9-25-20(7-1)13-22-14-23-15-24-16-31-30(19-29(24)28(23)18-27(22)25)26-10-4-6-12-33(26)35-32-11-5-2-8-21(32)17-34(31)35/h1-12,14,16-19H,13,15H2. The quantitative estimate of drug-likeness (QED) is 0.207. The van der Waals surface area contributed by atoms with Crippen LogP contribution < -0.4 is 0 Å². The van der Waals surface area contributed by atoms with Crippen LogP contribution in [-0.2, 0) is 12.8 Å². The van der Waals surface area contributed by atoms with Gasteiger partial charge in [0.1, 0.15) is 0 Å². The molecule has 0 amide bonds. The summed E-state index contributed by atoms with van der Waals surface area (Å²) in [6, 6.07) is 38.8. The van der Waals surface area contributed by atoms with Crippen molar-refractivity contribution in [2.45, 2.75) is 12.8 Å². The molecule has 0 unspecified atom stereocenters. The van der Waals surface area contributed by atoms with E-state index in [0.717, 1.165) is 12.8 Å². The first-order valence-corrected chi connectivity index (χ1v) is 12.5. The van der Waals surface area contributed by atoms with Gasteiger partial charge in [-0.05, 0) is 99.1 Å². The summed E-state index contributed by atoms with van der Waals surface area (Å²) >= 11 is 0. The van der Waals surface area contributed by atoms with Crippen molar-refractivity contribution >= 4 is 38.1 Å². The van der Waals surface area contributed by atoms with Gasteiger partial charge in [0.2, 0.25) is 0 Å². The maximum Gasteiger partial charge on any atom is 0.0547 e. The highest BCUT2D eigenvalue weighted by Crippen LogP contribution is 2.47. The Labute approximate surface area is 202 Å². The lowest BCUT2D eigenvalue weighted by Crippen LogP contribution is -1.92. The lowest BCUT2D eigenvalue weighted by atomic mass is 9.95. The van der Waals surface area contributed by atoms with Crippen LogP contribution in [-0.4, -0.2) is 4.40 Å². The minimum Gasteiger partial charge on any atom is -0.309 e. The van der Waals surface area contributed by atoms with E-state index in [1.54, 1.807) is 0 Å². The minimum atomic E-state index is 1.02. The number of hydrogen-bond acceptors (Lipinski definition) is 0. The fourth-order valence-corrected chi connectivity index (χ4v) is 6.82. The summed E-state index contributed by atoms with van der Waals surface area (Å²) in [4.78, 5) is 0. The maximum atomic E-state index is 2.48. The van der Waals surface area contributed by atoms with E-state index < -0.39 is 0 Å². The Kier molecular flexibility index (Phi) is 3.19. The summed E-state index contributed by atoms with van der Waals surface area (Å²) in [5.41, 5.74) is 15.4. The molecular formula is C34H21N. The number of hydrogen-bond donors (Lipinski definition) is 0. The maximum absolute atomic E-state index is 2.48. The van der Waals surface area contributed by atoms with Crippen LogP contribution >= 0.6 is 0 Å². The number of rotatable bonds is 0. The van der Waals surface area contributed by atoms with Crippen molar-refractivity contribution in [1.82, 2.24) is 4.40 Å². The van der Waals surface area contributed by atoms with Gasteiger partial charge >= 0.3 is 0 Å². The summed E-state index contributed by atoms with van der Waals surface area (Å²) < 4.78 is 2.45. The second-order valence-electron chi connectivity index (χ2n) is 10.2. The molecule has 0 fully saturated rings. The van der Waals surface area contributed by atoms with E-state index >= 15 is 0 Å². The zero-order chi connectivity index (χ0) is 22.7. The minimum absolute atomic E-state index is 1.02. The molecule has 7 aromatic rings. The van der Waals surface area contributed by atoms with Gasteiger partial charge < -0.3 is 4.40 Å². The molecule has 9 rings (SSSR count). The van der Waals surface area contributed by atoms with Gasteiger partial charge in [0.05, 0.1) is 16.6 Å². The Balaban J connectivity index is 1.39. The Morgan fingerprint density at radius 1 is 0.400 bits per heavy atom. The molecule has 2 aliphatic carbocycles. The summed E-state index contributed by atoms with van der Waals surface area (Å²) in [5, 5.41) is 5.32. The van der Waals surface area contributed by atoms with E-state index in [0.29, 0.717) is 0 Å². The number of para-hydroxylation sites is 2. The predicted octanol–water partition coefficient (Wildman–Crippen LogP) is 8.54. The fraction of sp³-hybridized carbons (Fsp3) is 0.0588. The number of nitrogens with zero attached hydrogens (tertiary/aromatic N) is 1. The van der Waals surface area contributed by atoms with Gasteiger partial charge in [-0.15, -0.1) is 0 Å². The Morgan fingerprint density at radius 3 is 2.03 bits per heavy atom. The van der Waals surface area contributed by atoms with Gasteiger partial charge in [-0.25, -0.2) is 0 Å². The average molecular weight is 444 g/mol. The molecule has 0 aliphatic heterocycles. The van der Waals surface area contributed by atoms with Crippen LogP contribution in [0.4, 0.5) is 0 Å². The molecule has 5 aromatic carbocycles. The molecule has 2 heterocycles. The zero-order valence-corrected chi connectivity index (χ0v) is 19.2. The number of benzene rings is 5. The van der Waals surface area contributed by atoms with Crippen molar-refractivity contribution in [2.24, 2.45) is 0 Å². The molecule has 0 bridgehead atoms. The molecule has 0 atom stereocenters. The van der Waals surface area contributed by atoms with E-state index in [-0.39, 0.29) is 0 Å². The number of pyridine rings is 1. The molecule has 35 heavy (non-hydrogen) atoms. The van der Waals surface area contributed by atoms with Crippen LogP contribution in [0.15, 0.2) is 103 Å². The molecule has 0 saturated carbocycles. The first-order valence-electron chi connectivity index (χ1n) is 12.5. The molecule has 1 nitrogen and oxygen atoms in total. The third kappa shape index (κ3) is 2.24. The van der Waals surface area contributed by atoms with Crippen LogP contribution in [0.1, 0.15) is 22.3 Å². The van der Waals surface area contributed by atoms with Gasteiger partial charge in [-0.1, -0.05) is 66.7 Å². The van der Waals surface area contributed by atoms with Crippen LogP contribution in [0.2, 0.25) is 0 Å². The summed E-state index contributed by atoms with van der Waals surface area (Å²) in [7, 11) is 0. The third-order valence-corrected chi connectivity index (χ3v) is 8.35. The summed E-state index contributed by atoms with van der Waals surface area (Å²) in [5.74, 6) is 0. The second kappa shape index (κ2) is 6.20. The van der Waals surface area contributed by atoms with Crippen LogP contribution in [0.25, 0.3) is 60.3 Å². The molecule has 162 valence electrons. The highest BCUT2D eigenvalue weighted by atomic mass is 14.9. The average Bonchev–Trinajstić information content (AvgIpc) is 3.57. The largest absolute Gasteiger partial charge is 0.309 e. The van der Waals surface area contributed by atoms with Crippen LogP contribution in [0.5, 0.6) is 0 Å². The SMILES string of the molecule is c1ccc2c(c1)Cc1cc3c(cc1-2)-c1cc2c4ccccc4n4c5ccccc5cc4c2cc1C3. The van der Waals surface area contributed by atoms with Crippen LogP contribution in [0.3, 0.4) is 0 Å². The number of fused-ring (bicyclic) bond motifs is 14. The molecule has 1 heteroatoms. The van der Waals surface area contributed by atoms with Crippen molar-refractivity contribution in [2.75, 3.05) is 0 Å². The van der Waals surface area contributed by atoms with E-state index in [2.05, 4.69) is 108 Å². The van der Waals surface area contributed by atoms with E-state index in [4.69, 9.17) is 0 Å². The fourth-order valence-electron chi connectivity index (χ4n) is 6.82. The normalized spacial score (nSPS) is 13.5. The van der Waals surface area contributed by atoms with Crippen molar-refractivity contribution in [3.63, 3.8) is 0 Å². The van der Waals surface area contributed by atoms with E-state index in [1.165, 1.54) is 82.6 Å². The van der Waals surface area contributed by atoms with Crippen molar-refractivity contribution in [3.8, 4) is 22.3 Å². The van der Waals surface area contributed by atoms with Gasteiger partial charge in [0, 0.05) is 16.2 Å². The molecule has 2 aliphatic rings. The summed E-state index contributed by atoms with van der Waals surface area (Å²) in [6.45, 7) is 0. The third-order valence-electron chi connectivity index (χ3n) is 8.35. The molecule has 0 N–H and O–H groups in total. The number of aromatic nitrogens is 1.